The van der Waals surface area contributed by atoms with Gasteiger partial charge in [-0.15, -0.1) is 0 Å². The van der Waals surface area contributed by atoms with Crippen molar-refractivity contribution >= 4 is 100 Å². The molecular weight excluding hydrogens is 1620 g/mol. The first kappa shape index (κ1) is 98.4. The molecule has 0 radical (unpaired) electrons. The summed E-state index contributed by atoms with van der Waals surface area (Å²) < 4.78 is 47.3. The first-order chi connectivity index (χ1) is 58.8. The number of ether oxygens (including phenoxy) is 3. The maximum absolute atomic E-state index is 15.4. The minimum absolute atomic E-state index is 0.00957. The zero-order chi connectivity index (χ0) is 87.3. The van der Waals surface area contributed by atoms with E-state index in [9.17, 15) is 48.6 Å². The number of nitrogens with one attached hydrogen (secondary N) is 15. The number of alkyl halides is 2. The van der Waals surface area contributed by atoms with E-state index >= 15 is 32.8 Å². The molecule has 5 heterocycles. The summed E-state index contributed by atoms with van der Waals surface area (Å²) in [6.07, 6.45) is 2.64. The molecule has 3 saturated carbocycles. The van der Waals surface area contributed by atoms with Crippen molar-refractivity contribution in [2.24, 2.45) is 29.6 Å². The van der Waals surface area contributed by atoms with Crippen LogP contribution in [0.4, 0.5) is 8.78 Å². The number of aliphatic carboxylic acids is 1. The van der Waals surface area contributed by atoms with Crippen molar-refractivity contribution in [3.8, 4) is 0 Å². The van der Waals surface area contributed by atoms with E-state index in [1.807, 2.05) is 18.2 Å². The van der Waals surface area contributed by atoms with E-state index in [1.54, 1.807) is 18.7 Å². The highest BCUT2D eigenvalue weighted by molar-refractivity contribution is 7.98. The van der Waals surface area contributed by atoms with E-state index in [0.29, 0.717) is 192 Å². The lowest BCUT2D eigenvalue weighted by atomic mass is 9.76. The van der Waals surface area contributed by atoms with Gasteiger partial charge in [-0.2, -0.15) is 23.5 Å². The van der Waals surface area contributed by atoms with Crippen LogP contribution in [-0.2, 0) is 88.0 Å². The van der Waals surface area contributed by atoms with Gasteiger partial charge in [-0.25, -0.2) is 8.78 Å². The number of carboxylic acid groups (broad SMARTS) is 1. The summed E-state index contributed by atoms with van der Waals surface area (Å²) in [7, 11) is 0. The molecule has 9 rings (SSSR count). The number of aliphatic hydroxyl groups is 1. The average Bonchev–Trinajstić information content (AvgIpc) is 1.56. The van der Waals surface area contributed by atoms with E-state index < -0.39 is 144 Å². The smallest absolute Gasteiger partial charge is 0.305 e. The Morgan fingerprint density at radius 3 is 1.70 bits per heavy atom. The molecule has 2 bridgehead atoms. The maximum atomic E-state index is 15.4. The van der Waals surface area contributed by atoms with Crippen LogP contribution in [0.1, 0.15) is 185 Å². The van der Waals surface area contributed by atoms with Gasteiger partial charge in [0.1, 0.15) is 54.1 Å². The molecule has 17 N–H and O–H groups in total. The number of thioether (sulfide) groups is 2. The topological polar surface area (TPSA) is 474 Å². The summed E-state index contributed by atoms with van der Waals surface area (Å²) in [5.74, 6) is -8.52. The fraction of sp³-hybridized carbons (Fsp3) is 0.774. The SMILES string of the molecule is CC(=O)NCCCOCCOCCOCCCNC(=O)CCC(=O)NCCCC[C@@H]1NC(=O)CCSCc2cccc(c2)CSCCNC(=O)[C@]2(C)CCCN2C(=O)[C@H](CC2CCC(O)CC2)NC(=O)[C@H](CC2CNCN2)NC(=O)[C@H](CC(=O)O)NC(=O)[C@H](CC2CNC3CCC(F)CC23)NC(=O)[C@H](CC2CNC3CCC(F)CC23)NC(=O)CNC1=O. The molecule has 9 unspecified atom stereocenters. The van der Waals surface area contributed by atoms with Gasteiger partial charge in [-0.05, 0) is 196 Å². The highest BCUT2D eigenvalue weighted by Gasteiger charge is 2.50. The molecule has 7 fully saturated rings. The summed E-state index contributed by atoms with van der Waals surface area (Å²) in [5, 5.41) is 65.1. The molecule has 3 aliphatic carbocycles. The molecule has 122 heavy (non-hydrogen) atoms. The number of nitrogens with zero attached hydrogens (tertiary/aromatic N) is 1. The van der Waals surface area contributed by atoms with Crippen LogP contribution in [0.2, 0.25) is 0 Å². The number of amides is 12. The van der Waals surface area contributed by atoms with Crippen LogP contribution in [0.25, 0.3) is 0 Å². The third kappa shape index (κ3) is 33.2. The fourth-order valence-electron chi connectivity index (χ4n) is 18.1. The van der Waals surface area contributed by atoms with Crippen LogP contribution >= 0.6 is 23.5 Å². The normalized spacial score (nSPS) is 30.6. The van der Waals surface area contributed by atoms with Crippen molar-refractivity contribution in [3.05, 3.63) is 35.4 Å². The zero-order valence-corrected chi connectivity index (χ0v) is 72.5. The standard InChI is InChI=1S/C84H134F2N16O18S2/c1-52(103)88-25-7-29-118-31-33-120-34-32-119-30-8-26-90-73(106)21-20-72(105)89-24-4-3-11-66-77(111)94-48-75(108)97-67(39-56-45-92-64-18-14-58(85)41-62(56)64)78(112)98-68(40-57-46-93-65-19-15-59(86)42-63(57)65)79(113)100-70(44-76(109)110)81(115)99-69(43-60-47-87-51-95-60)80(114)101-71(38-53-12-16-61(104)17-13-53)82(116)102-28-6-23-84(102,2)83(117)91-27-36-122-50-55-10-5-9-54(37-55)49-121-35-22-74(107)96-66/h5,9-10,37,53,56-71,87,92-93,95,104H,3-4,6-8,11-36,38-51H2,1-2H3,(H,88,103)(H,89,105)(H,90,106)(H,91,117)(H,94,111)(H,96,107)(H,97,108)(H,98,112)(H,99,115)(H,100,113)(H,101,114)(H,109,110)/t53?,56?,57?,58?,59?,60?,61?,62?,63?,64?,65?,66-,67-,68-,69-,70-,71-,84-/m0/s1. The number of hydrogen-bond donors (Lipinski definition) is 17. The van der Waals surface area contributed by atoms with Gasteiger partial charge in [0.05, 0.1) is 45.5 Å². The Bertz CT molecular complexity index is 3590. The maximum Gasteiger partial charge on any atom is 0.305 e. The Kier molecular flexibility index (Phi) is 41.8. The number of unbranched alkanes of at least 4 members (excludes halogenated alkanes) is 1. The van der Waals surface area contributed by atoms with Crippen LogP contribution in [0.5, 0.6) is 0 Å². The van der Waals surface area contributed by atoms with Gasteiger partial charge in [0.25, 0.3) is 0 Å². The molecule has 1 aromatic rings. The Balaban J connectivity index is 0.905. The number of rotatable bonds is 32. The molecule has 0 spiro atoms. The second kappa shape index (κ2) is 51.9. The molecule has 1 aromatic carbocycles. The minimum atomic E-state index is -1.91. The molecule has 0 aromatic heterocycles. The minimum Gasteiger partial charge on any atom is -0.481 e. The summed E-state index contributed by atoms with van der Waals surface area (Å²) >= 11 is 3.11. The number of aliphatic hydroxyl groups excluding tert-OH is 1. The fourth-order valence-corrected chi connectivity index (χ4v) is 19.7. The van der Waals surface area contributed by atoms with E-state index in [-0.39, 0.29) is 137 Å². The summed E-state index contributed by atoms with van der Waals surface area (Å²) in [5.41, 5.74) is 0.718. The number of carbonyl (C=O) groups is 13. The van der Waals surface area contributed by atoms with Gasteiger partial charge in [0, 0.05) is 126 Å². The average molecular weight is 1760 g/mol. The van der Waals surface area contributed by atoms with Crippen molar-refractivity contribution in [2.75, 3.05) is 117 Å². The number of benzene rings is 1. The molecular formula is C84H134F2N16O18S2. The molecule has 5 aliphatic heterocycles. The first-order valence-corrected chi connectivity index (χ1v) is 46.6. The van der Waals surface area contributed by atoms with Crippen molar-refractivity contribution in [3.63, 3.8) is 0 Å². The molecule has 4 saturated heterocycles. The molecule has 8 aliphatic rings. The Labute approximate surface area is 722 Å². The number of carbonyl (C=O) groups excluding carboxylic acids is 12. The summed E-state index contributed by atoms with van der Waals surface area (Å²) in [4.78, 5) is 184. The summed E-state index contributed by atoms with van der Waals surface area (Å²) in [6.45, 7) is 7.78. The summed E-state index contributed by atoms with van der Waals surface area (Å²) in [6, 6.07) is -1.48. The van der Waals surface area contributed by atoms with Gasteiger partial charge in [0.15, 0.2) is 0 Å². The van der Waals surface area contributed by atoms with E-state index in [1.165, 1.54) is 23.6 Å². The highest BCUT2D eigenvalue weighted by Crippen LogP contribution is 2.41. The number of fused-ring (bicyclic) bond motifs is 5. The van der Waals surface area contributed by atoms with Crippen LogP contribution in [0, 0.1) is 29.6 Å². The number of halogens is 2. The van der Waals surface area contributed by atoms with Gasteiger partial charge in [-0.1, -0.05) is 24.3 Å². The van der Waals surface area contributed by atoms with Gasteiger partial charge in [-0.3, -0.25) is 62.3 Å². The zero-order valence-electron chi connectivity index (χ0n) is 70.9. The molecule has 684 valence electrons. The van der Waals surface area contributed by atoms with Gasteiger partial charge < -0.3 is 109 Å². The van der Waals surface area contributed by atoms with Crippen molar-refractivity contribution in [2.45, 2.75) is 264 Å². The number of carboxylic acids is 1. The molecule has 34 nitrogen and oxygen atoms in total. The predicted octanol–water partition coefficient (Wildman–Crippen LogP) is 0.785. The van der Waals surface area contributed by atoms with Crippen molar-refractivity contribution in [1.82, 2.24) is 84.7 Å². The Morgan fingerprint density at radius 1 is 0.574 bits per heavy atom. The second-order valence-corrected chi connectivity index (χ2v) is 36.4. The molecule has 38 heteroatoms. The van der Waals surface area contributed by atoms with Crippen LogP contribution in [-0.4, -0.2) is 287 Å². The largest absolute Gasteiger partial charge is 0.481 e. The lowest BCUT2D eigenvalue weighted by Gasteiger charge is -2.38. The van der Waals surface area contributed by atoms with Gasteiger partial charge in [0.2, 0.25) is 70.9 Å². The quantitative estimate of drug-likeness (QED) is 0.0443. The lowest BCUT2D eigenvalue weighted by molar-refractivity contribution is -0.147. The molecule has 16 atom stereocenters. The van der Waals surface area contributed by atoms with Crippen LogP contribution in [0.15, 0.2) is 24.3 Å². The first-order valence-electron chi connectivity index (χ1n) is 44.3. The second-order valence-electron chi connectivity index (χ2n) is 34.2. The van der Waals surface area contributed by atoms with Crippen molar-refractivity contribution < 1.29 is 95.5 Å². The van der Waals surface area contributed by atoms with E-state index in [0.717, 1.165) is 11.1 Å². The highest BCUT2D eigenvalue weighted by atomic mass is 32.2. The third-order valence-electron chi connectivity index (χ3n) is 24.8. The van der Waals surface area contributed by atoms with Gasteiger partial charge >= 0.3 is 5.97 Å². The van der Waals surface area contributed by atoms with Crippen molar-refractivity contribution in [1.29, 1.82) is 0 Å². The molecule has 12 amide bonds. The number of hydrogen-bond acceptors (Lipinski definition) is 23. The lowest BCUT2D eigenvalue weighted by Crippen LogP contribution is -2.62. The van der Waals surface area contributed by atoms with Crippen LogP contribution < -0.4 is 79.8 Å². The monoisotopic (exact) mass is 1760 g/mol. The third-order valence-corrected chi connectivity index (χ3v) is 26.9. The van der Waals surface area contributed by atoms with E-state index in [4.69, 9.17) is 14.2 Å². The van der Waals surface area contributed by atoms with Crippen LogP contribution in [0.3, 0.4) is 0 Å². The van der Waals surface area contributed by atoms with E-state index in [2.05, 4.69) is 85.8 Å². The Hall–Kier alpha value is -7.43. The predicted molar refractivity (Wildman–Crippen MR) is 453 cm³/mol. The Morgan fingerprint density at radius 2 is 1.11 bits per heavy atom.